The summed E-state index contributed by atoms with van der Waals surface area (Å²) in [6, 6.07) is 0. The summed E-state index contributed by atoms with van der Waals surface area (Å²) in [4.78, 5) is 19.8. The highest BCUT2D eigenvalue weighted by atomic mass is 16.4. The van der Waals surface area contributed by atoms with Crippen LogP contribution in [0.3, 0.4) is 0 Å². The SMILES string of the molecule is Cc1nc2ncnn2c(N)c1C#CCC1(C(=O)O)CCCC1. The Kier molecular flexibility index (Phi) is 3.45. The number of hydrogen-bond acceptors (Lipinski definition) is 5. The van der Waals surface area contributed by atoms with Gasteiger partial charge in [0.25, 0.3) is 5.78 Å². The molecule has 1 fully saturated rings. The lowest BCUT2D eigenvalue weighted by Gasteiger charge is -2.20. The van der Waals surface area contributed by atoms with Crippen molar-refractivity contribution in [1.29, 1.82) is 0 Å². The molecular weight excluding hydrogens is 282 g/mol. The number of aromatic nitrogens is 4. The number of hydrogen-bond donors (Lipinski definition) is 2. The smallest absolute Gasteiger partial charge is 0.310 e. The van der Waals surface area contributed by atoms with Crippen molar-refractivity contribution < 1.29 is 9.90 Å². The highest BCUT2D eigenvalue weighted by Gasteiger charge is 2.40. The molecule has 3 rings (SSSR count). The van der Waals surface area contributed by atoms with Crippen molar-refractivity contribution in [2.45, 2.75) is 39.0 Å². The molecule has 0 radical (unpaired) electrons. The minimum atomic E-state index is -0.756. The van der Waals surface area contributed by atoms with E-state index < -0.39 is 11.4 Å². The third-order valence-corrected chi connectivity index (χ3v) is 4.30. The summed E-state index contributed by atoms with van der Waals surface area (Å²) in [6.45, 7) is 1.80. The fraction of sp³-hybridized carbons (Fsp3) is 0.467. The van der Waals surface area contributed by atoms with Crippen molar-refractivity contribution in [3.05, 3.63) is 17.6 Å². The lowest BCUT2D eigenvalue weighted by molar-refractivity contribution is -0.148. The van der Waals surface area contributed by atoms with E-state index in [2.05, 4.69) is 26.9 Å². The van der Waals surface area contributed by atoms with E-state index in [0.29, 0.717) is 42.1 Å². The van der Waals surface area contributed by atoms with Gasteiger partial charge in [-0.3, -0.25) is 4.79 Å². The van der Waals surface area contributed by atoms with Crippen molar-refractivity contribution in [3.63, 3.8) is 0 Å². The topological polar surface area (TPSA) is 106 Å². The van der Waals surface area contributed by atoms with E-state index >= 15 is 0 Å². The minimum Gasteiger partial charge on any atom is -0.481 e. The normalized spacial score (nSPS) is 16.4. The molecule has 2 aromatic heterocycles. The van der Waals surface area contributed by atoms with Gasteiger partial charge in [-0.2, -0.15) is 14.6 Å². The monoisotopic (exact) mass is 299 g/mol. The molecular formula is C15H17N5O2. The van der Waals surface area contributed by atoms with Gasteiger partial charge in [0.05, 0.1) is 16.7 Å². The molecule has 7 heteroatoms. The van der Waals surface area contributed by atoms with Crippen LogP contribution in [0, 0.1) is 24.2 Å². The van der Waals surface area contributed by atoms with Gasteiger partial charge in [-0.05, 0) is 19.8 Å². The molecule has 0 spiro atoms. The van der Waals surface area contributed by atoms with E-state index in [4.69, 9.17) is 5.73 Å². The number of carboxylic acids is 1. The summed E-state index contributed by atoms with van der Waals surface area (Å²) >= 11 is 0. The van der Waals surface area contributed by atoms with E-state index in [0.717, 1.165) is 12.8 Å². The van der Waals surface area contributed by atoms with Crippen LogP contribution in [0.25, 0.3) is 5.78 Å². The van der Waals surface area contributed by atoms with Gasteiger partial charge in [0.1, 0.15) is 12.1 Å². The standard InChI is InChI=1S/C15H17N5O2/c1-10-11(12(16)20-14(19-10)17-9-18-20)5-4-8-15(13(21)22)6-2-3-7-15/h9H,2-3,6-8,16H2,1H3,(H,21,22). The van der Waals surface area contributed by atoms with Crippen LogP contribution in [0.15, 0.2) is 6.33 Å². The largest absolute Gasteiger partial charge is 0.481 e. The number of fused-ring (bicyclic) bond motifs is 1. The Morgan fingerprint density at radius 1 is 1.50 bits per heavy atom. The maximum Gasteiger partial charge on any atom is 0.310 e. The van der Waals surface area contributed by atoms with Gasteiger partial charge >= 0.3 is 5.97 Å². The first-order chi connectivity index (χ1) is 10.5. The minimum absolute atomic E-state index is 0.330. The first-order valence-corrected chi connectivity index (χ1v) is 7.22. The number of nitrogens with two attached hydrogens (primary N) is 1. The maximum atomic E-state index is 11.5. The van der Waals surface area contributed by atoms with Crippen LogP contribution < -0.4 is 5.73 Å². The molecule has 0 amide bonds. The maximum absolute atomic E-state index is 11.5. The van der Waals surface area contributed by atoms with Gasteiger partial charge in [-0.25, -0.2) is 4.98 Å². The predicted octanol–water partition coefficient (Wildman–Crippen LogP) is 1.40. The summed E-state index contributed by atoms with van der Waals surface area (Å²) < 4.78 is 1.43. The molecule has 0 unspecified atom stereocenters. The fourth-order valence-corrected chi connectivity index (χ4v) is 2.95. The lowest BCUT2D eigenvalue weighted by Crippen LogP contribution is -2.27. The summed E-state index contributed by atoms with van der Waals surface area (Å²) in [5.74, 6) is 6.02. The number of aryl methyl sites for hydroxylation is 1. The van der Waals surface area contributed by atoms with Crippen LogP contribution in [0.1, 0.15) is 43.4 Å². The molecule has 0 bridgehead atoms. The zero-order chi connectivity index (χ0) is 15.7. The number of carboxylic acid groups (broad SMARTS) is 1. The second-order valence-electron chi connectivity index (χ2n) is 5.70. The zero-order valence-electron chi connectivity index (χ0n) is 12.3. The van der Waals surface area contributed by atoms with Crippen LogP contribution in [-0.2, 0) is 4.79 Å². The molecule has 0 aromatic carbocycles. The first-order valence-electron chi connectivity index (χ1n) is 7.22. The van der Waals surface area contributed by atoms with Crippen LogP contribution >= 0.6 is 0 Å². The fourth-order valence-electron chi connectivity index (χ4n) is 2.95. The molecule has 7 nitrogen and oxygen atoms in total. The average Bonchev–Trinajstić information content (AvgIpc) is 3.12. The highest BCUT2D eigenvalue weighted by molar-refractivity contribution is 5.75. The molecule has 1 aliphatic carbocycles. The molecule has 3 N–H and O–H groups in total. The van der Waals surface area contributed by atoms with Crippen molar-refractivity contribution in [3.8, 4) is 11.8 Å². The molecule has 2 aromatic rings. The molecule has 1 saturated carbocycles. The Balaban J connectivity index is 1.92. The molecule has 2 heterocycles. The van der Waals surface area contributed by atoms with Crippen LogP contribution in [0.2, 0.25) is 0 Å². The van der Waals surface area contributed by atoms with Gasteiger partial charge in [-0.1, -0.05) is 24.7 Å². The Morgan fingerprint density at radius 2 is 2.23 bits per heavy atom. The molecule has 22 heavy (non-hydrogen) atoms. The second kappa shape index (κ2) is 5.30. The average molecular weight is 299 g/mol. The molecule has 0 atom stereocenters. The third kappa shape index (κ3) is 2.26. The Hall–Kier alpha value is -2.62. The lowest BCUT2D eigenvalue weighted by atomic mass is 9.83. The van der Waals surface area contributed by atoms with E-state index in [9.17, 15) is 9.90 Å². The Bertz CT molecular complexity index is 793. The van der Waals surface area contributed by atoms with Crippen molar-refractivity contribution >= 4 is 17.6 Å². The summed E-state index contributed by atoms with van der Waals surface area (Å²) in [7, 11) is 0. The quantitative estimate of drug-likeness (QED) is 0.812. The molecule has 0 aliphatic heterocycles. The van der Waals surface area contributed by atoms with E-state index in [1.807, 2.05) is 0 Å². The summed E-state index contributed by atoms with van der Waals surface area (Å²) in [5, 5.41) is 13.5. The number of rotatable bonds is 2. The number of aliphatic carboxylic acids is 1. The van der Waals surface area contributed by atoms with Gasteiger partial charge < -0.3 is 10.8 Å². The van der Waals surface area contributed by atoms with Crippen molar-refractivity contribution in [1.82, 2.24) is 19.6 Å². The van der Waals surface area contributed by atoms with Gasteiger partial charge in [-0.15, -0.1) is 0 Å². The zero-order valence-corrected chi connectivity index (χ0v) is 12.3. The van der Waals surface area contributed by atoms with Gasteiger partial charge in [0.15, 0.2) is 0 Å². The predicted molar refractivity (Wildman–Crippen MR) is 80.0 cm³/mol. The van der Waals surface area contributed by atoms with Crippen LogP contribution in [0.4, 0.5) is 5.82 Å². The molecule has 1 aliphatic rings. The first kappa shape index (κ1) is 14.3. The van der Waals surface area contributed by atoms with Gasteiger partial charge in [0, 0.05) is 6.42 Å². The third-order valence-electron chi connectivity index (χ3n) is 4.30. The molecule has 0 saturated heterocycles. The molecule has 114 valence electrons. The van der Waals surface area contributed by atoms with Crippen molar-refractivity contribution in [2.75, 3.05) is 5.73 Å². The van der Waals surface area contributed by atoms with E-state index in [1.54, 1.807) is 6.92 Å². The number of nitrogens with zero attached hydrogens (tertiary/aromatic N) is 4. The number of nitrogen functional groups attached to an aromatic ring is 1. The van der Waals surface area contributed by atoms with Crippen LogP contribution in [0.5, 0.6) is 0 Å². The van der Waals surface area contributed by atoms with E-state index in [1.165, 1.54) is 10.8 Å². The Morgan fingerprint density at radius 3 is 2.91 bits per heavy atom. The number of carbonyl (C=O) groups is 1. The summed E-state index contributed by atoms with van der Waals surface area (Å²) in [5.41, 5.74) is 6.59. The second-order valence-corrected chi connectivity index (χ2v) is 5.70. The number of anilines is 1. The highest BCUT2D eigenvalue weighted by Crippen LogP contribution is 2.41. The summed E-state index contributed by atoms with van der Waals surface area (Å²) in [6.07, 6.45) is 4.98. The Labute approximate surface area is 127 Å². The van der Waals surface area contributed by atoms with Crippen LogP contribution in [-0.4, -0.2) is 30.7 Å². The van der Waals surface area contributed by atoms with Crippen molar-refractivity contribution in [2.24, 2.45) is 5.41 Å². The van der Waals surface area contributed by atoms with E-state index in [-0.39, 0.29) is 0 Å². The van der Waals surface area contributed by atoms with Gasteiger partial charge in [0.2, 0.25) is 0 Å².